The molecular weight excluding hydrogens is 403 g/mol. The monoisotopic (exact) mass is 432 g/mol. The van der Waals surface area contributed by atoms with Crippen molar-refractivity contribution in [3.63, 3.8) is 0 Å². The molecule has 3 aromatic rings. The van der Waals surface area contributed by atoms with Gasteiger partial charge in [-0.3, -0.25) is 9.78 Å². The lowest BCUT2D eigenvalue weighted by molar-refractivity contribution is -0.130. The molecule has 5 nitrogen and oxygen atoms in total. The Bertz CT molecular complexity index is 989. The summed E-state index contributed by atoms with van der Waals surface area (Å²) in [6.07, 6.45) is 5.39. The summed E-state index contributed by atoms with van der Waals surface area (Å²) in [5.41, 5.74) is 3.12. The number of nitrogens with zero attached hydrogens (tertiary/aromatic N) is 4. The van der Waals surface area contributed by atoms with Crippen LogP contribution in [-0.4, -0.2) is 48.5 Å². The molecular formula is C26H29FN4O. The van der Waals surface area contributed by atoms with Gasteiger partial charge in [0.25, 0.3) is 0 Å². The lowest BCUT2D eigenvalue weighted by Gasteiger charge is -2.38. The largest absolute Gasteiger partial charge is 0.371 e. The topological polar surface area (TPSA) is 39.7 Å². The van der Waals surface area contributed by atoms with Gasteiger partial charge >= 0.3 is 0 Å². The number of pyridine rings is 1. The van der Waals surface area contributed by atoms with E-state index >= 15 is 0 Å². The summed E-state index contributed by atoms with van der Waals surface area (Å²) in [5.74, 6) is -0.110. The summed E-state index contributed by atoms with van der Waals surface area (Å²) >= 11 is 0. The van der Waals surface area contributed by atoms with Crippen molar-refractivity contribution in [3.05, 3.63) is 90.5 Å². The smallest absolute Gasteiger partial charge is 0.242 e. The van der Waals surface area contributed by atoms with Crippen molar-refractivity contribution in [2.24, 2.45) is 0 Å². The van der Waals surface area contributed by atoms with Crippen molar-refractivity contribution in [1.82, 2.24) is 9.88 Å². The minimum Gasteiger partial charge on any atom is -0.371 e. The first-order chi connectivity index (χ1) is 15.6. The van der Waals surface area contributed by atoms with E-state index in [0.29, 0.717) is 13.1 Å². The summed E-state index contributed by atoms with van der Waals surface area (Å²) in [4.78, 5) is 23.7. The van der Waals surface area contributed by atoms with Crippen LogP contribution in [0, 0.1) is 5.82 Å². The van der Waals surface area contributed by atoms with Crippen LogP contribution in [0.3, 0.4) is 0 Å². The lowest BCUT2D eigenvalue weighted by atomic mass is 10.0. The molecule has 0 atom stereocenters. The highest BCUT2D eigenvalue weighted by atomic mass is 19.1. The average Bonchev–Trinajstić information content (AvgIpc) is 2.85. The second kappa shape index (κ2) is 10.3. The van der Waals surface area contributed by atoms with Crippen molar-refractivity contribution in [1.29, 1.82) is 0 Å². The van der Waals surface area contributed by atoms with Crippen LogP contribution in [0.4, 0.5) is 15.8 Å². The van der Waals surface area contributed by atoms with E-state index < -0.39 is 0 Å². The standard InChI is InChI=1S/C26H29FN4O/c1-29(23-13-16-30(17-14-23)25-11-9-22(27)10-12-25)26(32)20-31(24-7-3-2-4-8-24)19-21-6-5-15-28-18-21/h2-12,15,18,23H,13-14,16-17,19-20H2,1H3. The molecule has 4 rings (SSSR count). The molecule has 0 saturated carbocycles. The van der Waals surface area contributed by atoms with Crippen LogP contribution >= 0.6 is 0 Å². The van der Waals surface area contributed by atoms with E-state index in [2.05, 4.69) is 14.8 Å². The number of carbonyl (C=O) groups excluding carboxylic acids is 1. The number of rotatable bonds is 7. The summed E-state index contributed by atoms with van der Waals surface area (Å²) in [6, 6.07) is 20.8. The van der Waals surface area contributed by atoms with Gasteiger partial charge in [-0.05, 0) is 60.9 Å². The third-order valence-electron chi connectivity index (χ3n) is 6.14. The Hall–Kier alpha value is -3.41. The molecule has 1 fully saturated rings. The SMILES string of the molecule is CN(C(=O)CN(Cc1cccnc1)c1ccccc1)C1CCN(c2ccc(F)cc2)CC1. The number of benzene rings is 2. The summed E-state index contributed by atoms with van der Waals surface area (Å²) < 4.78 is 13.2. The number of aromatic nitrogens is 1. The lowest BCUT2D eigenvalue weighted by Crippen LogP contribution is -2.48. The molecule has 1 saturated heterocycles. The number of hydrogen-bond acceptors (Lipinski definition) is 4. The summed E-state index contributed by atoms with van der Waals surface area (Å²) in [6.45, 7) is 2.64. The highest BCUT2D eigenvalue weighted by Crippen LogP contribution is 2.23. The van der Waals surface area contributed by atoms with E-state index in [4.69, 9.17) is 0 Å². The fourth-order valence-corrected chi connectivity index (χ4v) is 4.23. The van der Waals surface area contributed by atoms with E-state index in [1.54, 1.807) is 6.20 Å². The highest BCUT2D eigenvalue weighted by Gasteiger charge is 2.26. The third-order valence-corrected chi connectivity index (χ3v) is 6.14. The number of carbonyl (C=O) groups is 1. The zero-order valence-corrected chi connectivity index (χ0v) is 18.4. The zero-order valence-electron chi connectivity index (χ0n) is 18.4. The van der Waals surface area contributed by atoms with Crippen molar-refractivity contribution in [3.8, 4) is 0 Å². The van der Waals surface area contributed by atoms with E-state index in [1.165, 1.54) is 12.1 Å². The van der Waals surface area contributed by atoms with Gasteiger partial charge < -0.3 is 14.7 Å². The first-order valence-corrected chi connectivity index (χ1v) is 11.1. The van der Waals surface area contributed by atoms with Crippen LogP contribution < -0.4 is 9.80 Å². The Morgan fingerprint density at radius 3 is 2.41 bits per heavy atom. The van der Waals surface area contributed by atoms with Crippen molar-refractivity contribution in [2.75, 3.05) is 36.5 Å². The molecule has 1 aromatic heterocycles. The van der Waals surface area contributed by atoms with Crippen LogP contribution in [0.25, 0.3) is 0 Å². The van der Waals surface area contributed by atoms with Crippen LogP contribution in [0.5, 0.6) is 0 Å². The van der Waals surface area contributed by atoms with Crippen LogP contribution in [-0.2, 0) is 11.3 Å². The summed E-state index contributed by atoms with van der Waals surface area (Å²) in [5, 5.41) is 0. The van der Waals surface area contributed by atoms with E-state index in [-0.39, 0.29) is 17.8 Å². The maximum absolute atomic E-state index is 13.2. The molecule has 1 aliphatic heterocycles. The van der Waals surface area contributed by atoms with Gasteiger partial charge in [0.2, 0.25) is 5.91 Å². The Kier molecular flexibility index (Phi) is 7.00. The molecule has 6 heteroatoms. The van der Waals surface area contributed by atoms with E-state index in [9.17, 15) is 9.18 Å². The minimum absolute atomic E-state index is 0.109. The molecule has 32 heavy (non-hydrogen) atoms. The Labute approximate surface area is 189 Å². The first kappa shape index (κ1) is 21.8. The Morgan fingerprint density at radius 2 is 1.75 bits per heavy atom. The van der Waals surface area contributed by atoms with Crippen molar-refractivity contribution in [2.45, 2.75) is 25.4 Å². The maximum atomic E-state index is 13.2. The van der Waals surface area contributed by atoms with Gasteiger partial charge in [0, 0.05) is 56.5 Å². The van der Waals surface area contributed by atoms with Gasteiger partial charge in [0.05, 0.1) is 6.54 Å². The molecule has 1 amide bonds. The van der Waals surface area contributed by atoms with Gasteiger partial charge in [-0.15, -0.1) is 0 Å². The van der Waals surface area contributed by atoms with Crippen molar-refractivity contribution >= 4 is 17.3 Å². The number of piperidine rings is 1. The maximum Gasteiger partial charge on any atom is 0.242 e. The predicted octanol–water partition coefficient (Wildman–Crippen LogP) is 4.35. The van der Waals surface area contributed by atoms with Crippen LogP contribution in [0.15, 0.2) is 79.1 Å². The fraction of sp³-hybridized carbons (Fsp3) is 0.308. The molecule has 0 N–H and O–H groups in total. The number of anilines is 2. The van der Waals surface area contributed by atoms with Gasteiger partial charge in [-0.2, -0.15) is 0 Å². The number of halogens is 1. The highest BCUT2D eigenvalue weighted by molar-refractivity contribution is 5.81. The van der Waals surface area contributed by atoms with Gasteiger partial charge in [0.1, 0.15) is 5.82 Å². The Balaban J connectivity index is 1.38. The normalized spacial score (nSPS) is 14.2. The average molecular weight is 433 g/mol. The molecule has 0 spiro atoms. The first-order valence-electron chi connectivity index (χ1n) is 11.1. The molecule has 0 aliphatic carbocycles. The molecule has 2 aromatic carbocycles. The fourth-order valence-electron chi connectivity index (χ4n) is 4.23. The molecule has 0 unspecified atom stereocenters. The molecule has 166 valence electrons. The number of hydrogen-bond donors (Lipinski definition) is 0. The van der Waals surface area contributed by atoms with Crippen molar-refractivity contribution < 1.29 is 9.18 Å². The van der Waals surface area contributed by atoms with Gasteiger partial charge in [-0.25, -0.2) is 4.39 Å². The van der Waals surface area contributed by atoms with Crippen LogP contribution in [0.1, 0.15) is 18.4 Å². The second-order valence-corrected chi connectivity index (χ2v) is 8.25. The third kappa shape index (κ3) is 5.44. The molecule has 0 bridgehead atoms. The number of para-hydroxylation sites is 1. The zero-order chi connectivity index (χ0) is 22.3. The molecule has 1 aliphatic rings. The molecule has 0 radical (unpaired) electrons. The summed E-state index contributed by atoms with van der Waals surface area (Å²) in [7, 11) is 1.91. The van der Waals surface area contributed by atoms with E-state index in [0.717, 1.165) is 42.9 Å². The second-order valence-electron chi connectivity index (χ2n) is 8.25. The predicted molar refractivity (Wildman–Crippen MR) is 126 cm³/mol. The quantitative estimate of drug-likeness (QED) is 0.556. The van der Waals surface area contributed by atoms with E-state index in [1.807, 2.05) is 72.7 Å². The Morgan fingerprint density at radius 1 is 1.03 bits per heavy atom. The molecule has 2 heterocycles. The van der Waals surface area contributed by atoms with Gasteiger partial charge in [-0.1, -0.05) is 24.3 Å². The minimum atomic E-state index is -0.219. The number of amides is 1. The van der Waals surface area contributed by atoms with Gasteiger partial charge in [0.15, 0.2) is 0 Å². The van der Waals surface area contributed by atoms with Crippen LogP contribution in [0.2, 0.25) is 0 Å². The number of likely N-dealkylation sites (N-methyl/N-ethyl adjacent to an activating group) is 1.